The van der Waals surface area contributed by atoms with Crippen molar-refractivity contribution in [1.29, 1.82) is 0 Å². The van der Waals surface area contributed by atoms with Crippen LogP contribution in [-0.2, 0) is 6.42 Å². The lowest BCUT2D eigenvalue weighted by Crippen LogP contribution is -2.38. The van der Waals surface area contributed by atoms with Crippen LogP contribution in [0.2, 0.25) is 0 Å². The predicted octanol–water partition coefficient (Wildman–Crippen LogP) is 3.03. The maximum absolute atomic E-state index is 13.1. The maximum atomic E-state index is 13.1. The van der Waals surface area contributed by atoms with Gasteiger partial charge in [0.25, 0.3) is 0 Å². The minimum absolute atomic E-state index is 0. The second-order valence-corrected chi connectivity index (χ2v) is 6.06. The monoisotopic (exact) mass is 448 g/mol. The van der Waals surface area contributed by atoms with E-state index >= 15 is 0 Å². The Morgan fingerprint density at radius 1 is 1.17 bits per heavy atom. The molecule has 1 aliphatic rings. The van der Waals surface area contributed by atoms with E-state index in [9.17, 15) is 4.39 Å². The summed E-state index contributed by atoms with van der Waals surface area (Å²) in [5.74, 6) is 0.644. The Morgan fingerprint density at radius 3 is 2.62 bits per heavy atom. The van der Waals surface area contributed by atoms with E-state index in [1.54, 1.807) is 19.2 Å². The molecule has 4 nitrogen and oxygen atoms in total. The quantitative estimate of drug-likeness (QED) is 0.278. The largest absolute Gasteiger partial charge is 0.356 e. The first-order valence-electron chi connectivity index (χ1n) is 8.69. The third-order valence-corrected chi connectivity index (χ3v) is 4.21. The molecule has 6 heteroatoms. The summed E-state index contributed by atoms with van der Waals surface area (Å²) in [5, 5.41) is 6.61. The summed E-state index contributed by atoms with van der Waals surface area (Å²) in [6.45, 7) is 5.45. The molecular formula is C18H30FIN4. The zero-order chi connectivity index (χ0) is 16.3. The molecule has 0 amide bonds. The standard InChI is InChI=1S/C18H29FN4.HI/c1-20-18(21-10-2-3-12-23-13-4-5-14-23)22-11-9-16-7-6-8-17(19)15-16;/h6-8,15H,2-5,9-14H2,1H3,(H2,20,21,22);1H. The molecule has 0 unspecified atom stereocenters. The van der Waals surface area contributed by atoms with Crippen molar-refractivity contribution in [1.82, 2.24) is 15.5 Å². The fourth-order valence-corrected chi connectivity index (χ4v) is 2.91. The Kier molecular flexibility index (Phi) is 11.0. The highest BCUT2D eigenvalue weighted by molar-refractivity contribution is 14.0. The maximum Gasteiger partial charge on any atom is 0.190 e. The van der Waals surface area contributed by atoms with Gasteiger partial charge in [0.1, 0.15) is 5.82 Å². The zero-order valence-corrected chi connectivity index (χ0v) is 16.9. The molecule has 0 radical (unpaired) electrons. The molecule has 0 aliphatic carbocycles. The molecular weight excluding hydrogens is 418 g/mol. The molecule has 0 aromatic heterocycles. The molecule has 24 heavy (non-hydrogen) atoms. The summed E-state index contributed by atoms with van der Waals surface area (Å²) in [7, 11) is 1.78. The van der Waals surface area contributed by atoms with Crippen LogP contribution in [0.1, 0.15) is 31.2 Å². The van der Waals surface area contributed by atoms with Crippen LogP contribution in [-0.4, -0.2) is 50.6 Å². The highest BCUT2D eigenvalue weighted by atomic mass is 127. The van der Waals surface area contributed by atoms with Crippen LogP contribution in [0.15, 0.2) is 29.3 Å². The number of benzene rings is 1. The molecule has 1 saturated heterocycles. The van der Waals surface area contributed by atoms with Gasteiger partial charge < -0.3 is 15.5 Å². The Hall–Kier alpha value is -0.890. The van der Waals surface area contributed by atoms with Crippen LogP contribution >= 0.6 is 24.0 Å². The van der Waals surface area contributed by atoms with Gasteiger partial charge in [-0.3, -0.25) is 4.99 Å². The van der Waals surface area contributed by atoms with Crippen LogP contribution in [0, 0.1) is 5.82 Å². The predicted molar refractivity (Wildman–Crippen MR) is 110 cm³/mol. The molecule has 1 heterocycles. The van der Waals surface area contributed by atoms with Crippen LogP contribution < -0.4 is 10.6 Å². The lowest BCUT2D eigenvalue weighted by molar-refractivity contribution is 0.330. The van der Waals surface area contributed by atoms with Crippen molar-refractivity contribution < 1.29 is 4.39 Å². The van der Waals surface area contributed by atoms with Gasteiger partial charge in [0.2, 0.25) is 0 Å². The van der Waals surface area contributed by atoms with E-state index in [0.717, 1.165) is 37.5 Å². The van der Waals surface area contributed by atoms with E-state index in [-0.39, 0.29) is 29.8 Å². The van der Waals surface area contributed by atoms with Crippen molar-refractivity contribution >= 4 is 29.9 Å². The molecule has 1 aromatic carbocycles. The van der Waals surface area contributed by atoms with Crippen LogP contribution in [0.25, 0.3) is 0 Å². The lowest BCUT2D eigenvalue weighted by Gasteiger charge is -2.15. The number of hydrogen-bond acceptors (Lipinski definition) is 2. The number of halogens is 2. The molecule has 1 aromatic rings. The van der Waals surface area contributed by atoms with Crippen LogP contribution in [0.5, 0.6) is 0 Å². The number of unbranched alkanes of at least 4 members (excludes halogenated alkanes) is 1. The van der Waals surface area contributed by atoms with E-state index < -0.39 is 0 Å². The van der Waals surface area contributed by atoms with Gasteiger partial charge in [-0.25, -0.2) is 4.39 Å². The van der Waals surface area contributed by atoms with Gasteiger partial charge in [0, 0.05) is 20.1 Å². The fraction of sp³-hybridized carbons (Fsp3) is 0.611. The molecule has 0 spiro atoms. The van der Waals surface area contributed by atoms with E-state index in [2.05, 4.69) is 20.5 Å². The summed E-state index contributed by atoms with van der Waals surface area (Å²) >= 11 is 0. The van der Waals surface area contributed by atoms with Crippen LogP contribution in [0.3, 0.4) is 0 Å². The van der Waals surface area contributed by atoms with Crippen molar-refractivity contribution in [2.24, 2.45) is 4.99 Å². The van der Waals surface area contributed by atoms with Gasteiger partial charge in [0.05, 0.1) is 0 Å². The van der Waals surface area contributed by atoms with Crippen molar-refractivity contribution in [2.75, 3.05) is 39.8 Å². The molecule has 1 fully saturated rings. The first kappa shape index (κ1) is 21.2. The summed E-state index contributed by atoms with van der Waals surface area (Å²) in [5.41, 5.74) is 0.999. The number of guanidine groups is 1. The summed E-state index contributed by atoms with van der Waals surface area (Å²) < 4.78 is 13.1. The van der Waals surface area contributed by atoms with Gasteiger partial charge in [-0.1, -0.05) is 12.1 Å². The average Bonchev–Trinajstić information content (AvgIpc) is 3.06. The first-order valence-corrected chi connectivity index (χ1v) is 8.69. The van der Waals surface area contributed by atoms with E-state index in [1.807, 2.05) is 6.07 Å². The Balaban J connectivity index is 0.00000288. The van der Waals surface area contributed by atoms with Crippen molar-refractivity contribution in [3.63, 3.8) is 0 Å². The van der Waals surface area contributed by atoms with Gasteiger partial charge in [0.15, 0.2) is 5.96 Å². The number of rotatable bonds is 8. The normalized spacial score (nSPS) is 15.2. The number of aliphatic imine (C=N–C) groups is 1. The third kappa shape index (κ3) is 8.28. The summed E-state index contributed by atoms with van der Waals surface area (Å²) in [6.07, 6.45) is 5.89. The van der Waals surface area contributed by atoms with Gasteiger partial charge >= 0.3 is 0 Å². The third-order valence-electron chi connectivity index (χ3n) is 4.21. The minimum atomic E-state index is -0.178. The topological polar surface area (TPSA) is 39.7 Å². The van der Waals surface area contributed by atoms with Crippen molar-refractivity contribution in [2.45, 2.75) is 32.1 Å². The Labute approximate surface area is 162 Å². The van der Waals surface area contributed by atoms with E-state index in [4.69, 9.17) is 0 Å². The SMILES string of the molecule is CN=C(NCCCCN1CCCC1)NCCc1cccc(F)c1.I. The number of hydrogen-bond donors (Lipinski definition) is 2. The number of nitrogens with zero attached hydrogens (tertiary/aromatic N) is 2. The molecule has 136 valence electrons. The Morgan fingerprint density at radius 2 is 1.92 bits per heavy atom. The van der Waals surface area contributed by atoms with Crippen LogP contribution in [0.4, 0.5) is 4.39 Å². The smallest absolute Gasteiger partial charge is 0.190 e. The van der Waals surface area contributed by atoms with Gasteiger partial charge in [-0.15, -0.1) is 24.0 Å². The second-order valence-electron chi connectivity index (χ2n) is 6.06. The molecule has 0 atom stereocenters. The average molecular weight is 448 g/mol. The summed E-state index contributed by atoms with van der Waals surface area (Å²) in [6, 6.07) is 6.74. The van der Waals surface area contributed by atoms with Gasteiger partial charge in [-0.05, 0) is 69.4 Å². The molecule has 2 rings (SSSR count). The Bertz CT molecular complexity index is 490. The molecule has 0 saturated carbocycles. The second kappa shape index (κ2) is 12.5. The number of likely N-dealkylation sites (tertiary alicyclic amines) is 1. The number of nitrogens with one attached hydrogen (secondary N) is 2. The van der Waals surface area contributed by atoms with Crippen molar-refractivity contribution in [3.8, 4) is 0 Å². The molecule has 1 aliphatic heterocycles. The van der Waals surface area contributed by atoms with E-state index in [1.165, 1.54) is 45.0 Å². The fourth-order valence-electron chi connectivity index (χ4n) is 2.91. The summed E-state index contributed by atoms with van der Waals surface area (Å²) in [4.78, 5) is 6.77. The molecule has 2 N–H and O–H groups in total. The van der Waals surface area contributed by atoms with Gasteiger partial charge in [-0.2, -0.15) is 0 Å². The highest BCUT2D eigenvalue weighted by Gasteiger charge is 2.09. The first-order chi connectivity index (χ1) is 11.3. The highest BCUT2D eigenvalue weighted by Crippen LogP contribution is 2.07. The van der Waals surface area contributed by atoms with Crippen molar-refractivity contribution in [3.05, 3.63) is 35.6 Å². The molecule has 0 bridgehead atoms. The minimum Gasteiger partial charge on any atom is -0.356 e. The van der Waals surface area contributed by atoms with E-state index in [0.29, 0.717) is 0 Å². The zero-order valence-electron chi connectivity index (χ0n) is 14.6. The lowest BCUT2D eigenvalue weighted by atomic mass is 10.1.